The van der Waals surface area contributed by atoms with Crippen molar-refractivity contribution in [1.29, 1.82) is 0 Å². The lowest BCUT2D eigenvalue weighted by Gasteiger charge is -2.29. The van der Waals surface area contributed by atoms with Gasteiger partial charge in [-0.3, -0.25) is 0 Å². The molecule has 1 aliphatic carbocycles. The summed E-state index contributed by atoms with van der Waals surface area (Å²) in [5, 5.41) is 9.35. The van der Waals surface area contributed by atoms with E-state index in [-0.39, 0.29) is 0 Å². The molecule has 0 spiro atoms. The Kier molecular flexibility index (Phi) is 11.3. The van der Waals surface area contributed by atoms with E-state index in [1.807, 2.05) is 0 Å². The van der Waals surface area contributed by atoms with Gasteiger partial charge in [-0.2, -0.15) is 0 Å². The quantitative estimate of drug-likeness (QED) is 0.606. The monoisotopic (exact) mass is 296 g/mol. The Morgan fingerprint density at radius 3 is 1.14 bits per heavy atom. The molecule has 0 aromatic carbocycles. The van der Waals surface area contributed by atoms with Crippen LogP contribution in [0.3, 0.4) is 0 Å². The number of rotatable bonds is 2. The number of hydrogen-bond donors (Lipinski definition) is 1. The van der Waals surface area contributed by atoms with Gasteiger partial charge in [0.15, 0.2) is 0 Å². The highest BCUT2D eigenvalue weighted by Crippen LogP contribution is 2.34. The molecule has 0 unspecified atom stereocenters. The average Bonchev–Trinajstić information content (AvgIpc) is 2.47. The maximum Gasteiger partial charge on any atom is 0.0436 e. The fourth-order valence-corrected chi connectivity index (χ4v) is 3.87. The Morgan fingerprint density at radius 2 is 0.857 bits per heavy atom. The molecule has 0 amide bonds. The highest BCUT2D eigenvalue weighted by Gasteiger charge is 2.22. The van der Waals surface area contributed by atoms with Gasteiger partial charge in [0.25, 0.3) is 0 Å². The van der Waals surface area contributed by atoms with Crippen LogP contribution in [0.2, 0.25) is 0 Å². The van der Waals surface area contributed by atoms with Crippen LogP contribution in [0.5, 0.6) is 0 Å². The van der Waals surface area contributed by atoms with Gasteiger partial charge in [-0.05, 0) is 24.7 Å². The molecule has 1 N–H and O–H groups in total. The molecular formula is C20H40O. The van der Waals surface area contributed by atoms with Crippen LogP contribution in [0.1, 0.15) is 116 Å². The van der Waals surface area contributed by atoms with Crippen molar-refractivity contribution >= 4 is 0 Å². The molecule has 0 aromatic heterocycles. The summed E-state index contributed by atoms with van der Waals surface area (Å²) in [6, 6.07) is 0. The lowest BCUT2D eigenvalue weighted by Crippen LogP contribution is -2.18. The second-order valence-electron chi connectivity index (χ2n) is 7.73. The van der Waals surface area contributed by atoms with Gasteiger partial charge in [0.1, 0.15) is 0 Å². The fraction of sp³-hybridized carbons (Fsp3) is 1.00. The molecule has 0 radical (unpaired) electrons. The third-order valence-corrected chi connectivity index (χ3v) is 5.53. The van der Waals surface area contributed by atoms with E-state index in [0.717, 1.165) is 6.42 Å². The molecule has 0 heterocycles. The number of hydrogen-bond acceptors (Lipinski definition) is 1. The first-order valence-corrected chi connectivity index (χ1v) is 9.88. The average molecular weight is 297 g/mol. The highest BCUT2D eigenvalue weighted by molar-refractivity contribution is 4.74. The van der Waals surface area contributed by atoms with Crippen LogP contribution in [0, 0.1) is 5.41 Å². The first kappa shape index (κ1) is 19.0. The Morgan fingerprint density at radius 1 is 0.571 bits per heavy atom. The summed E-state index contributed by atoms with van der Waals surface area (Å²) in [7, 11) is 0. The number of aliphatic hydroxyl groups excluding tert-OH is 1. The largest absolute Gasteiger partial charge is 0.396 e. The van der Waals surface area contributed by atoms with E-state index in [4.69, 9.17) is 0 Å². The highest BCUT2D eigenvalue weighted by atomic mass is 16.3. The second kappa shape index (κ2) is 12.5. The van der Waals surface area contributed by atoms with Crippen molar-refractivity contribution in [2.75, 3.05) is 6.61 Å². The third-order valence-electron chi connectivity index (χ3n) is 5.53. The molecule has 0 saturated heterocycles. The summed E-state index contributed by atoms with van der Waals surface area (Å²) in [4.78, 5) is 0. The maximum atomic E-state index is 9.35. The van der Waals surface area contributed by atoms with Crippen molar-refractivity contribution in [3.63, 3.8) is 0 Å². The second-order valence-corrected chi connectivity index (χ2v) is 7.73. The summed E-state index contributed by atoms with van der Waals surface area (Å²) in [6.07, 6.45) is 23.7. The number of aliphatic hydroxyl groups is 1. The minimum absolute atomic E-state index is 0.372. The molecule has 0 aliphatic heterocycles. The van der Waals surface area contributed by atoms with E-state index < -0.39 is 0 Å². The van der Waals surface area contributed by atoms with Crippen molar-refractivity contribution in [1.82, 2.24) is 0 Å². The Bertz CT molecular complexity index is 206. The molecule has 0 atom stereocenters. The molecule has 0 bridgehead atoms. The van der Waals surface area contributed by atoms with E-state index in [0.29, 0.717) is 12.0 Å². The van der Waals surface area contributed by atoms with Gasteiger partial charge in [0.2, 0.25) is 0 Å². The van der Waals surface area contributed by atoms with E-state index in [9.17, 15) is 5.11 Å². The zero-order valence-electron chi connectivity index (χ0n) is 14.7. The zero-order valence-corrected chi connectivity index (χ0v) is 14.7. The van der Waals surface area contributed by atoms with Crippen LogP contribution in [0.15, 0.2) is 0 Å². The van der Waals surface area contributed by atoms with Crippen molar-refractivity contribution < 1.29 is 5.11 Å². The summed E-state index contributed by atoms with van der Waals surface area (Å²) in [5.74, 6) is 0. The minimum atomic E-state index is 0.372. The summed E-state index contributed by atoms with van der Waals surface area (Å²) >= 11 is 0. The third kappa shape index (κ3) is 10.3. The normalized spacial score (nSPS) is 24.3. The summed E-state index contributed by atoms with van der Waals surface area (Å²) in [6.45, 7) is 2.79. The molecule has 1 nitrogen and oxygen atoms in total. The molecule has 1 fully saturated rings. The topological polar surface area (TPSA) is 20.2 Å². The Hall–Kier alpha value is -0.0400. The van der Waals surface area contributed by atoms with Crippen molar-refractivity contribution in [3.05, 3.63) is 0 Å². The molecule has 1 aliphatic rings. The van der Waals surface area contributed by atoms with E-state index >= 15 is 0 Å². The molecule has 1 heteroatoms. The van der Waals surface area contributed by atoms with Crippen LogP contribution in [-0.2, 0) is 0 Å². The summed E-state index contributed by atoms with van der Waals surface area (Å²) in [5.41, 5.74) is 0.405. The Labute approximate surface area is 133 Å². The Balaban J connectivity index is 2.31. The molecule has 0 aromatic rings. The van der Waals surface area contributed by atoms with Crippen molar-refractivity contribution in [2.24, 2.45) is 5.41 Å². The molecule has 1 saturated carbocycles. The van der Waals surface area contributed by atoms with Gasteiger partial charge < -0.3 is 5.11 Å². The van der Waals surface area contributed by atoms with Gasteiger partial charge in [-0.1, -0.05) is 96.8 Å². The zero-order chi connectivity index (χ0) is 15.2. The molecule has 1 rings (SSSR count). The molecule has 126 valence electrons. The smallest absolute Gasteiger partial charge is 0.0436 e. The lowest BCUT2D eigenvalue weighted by atomic mass is 9.77. The van der Waals surface area contributed by atoms with Gasteiger partial charge in [0, 0.05) is 6.61 Å². The van der Waals surface area contributed by atoms with E-state index in [1.165, 1.54) is 103 Å². The van der Waals surface area contributed by atoms with Gasteiger partial charge in [0.05, 0.1) is 0 Å². The van der Waals surface area contributed by atoms with E-state index in [1.54, 1.807) is 0 Å². The SMILES string of the molecule is CC1(CCO)CCCCCCCCCCCCCCCC1. The standard InChI is InChI=1S/C20H40O/c1-20(18-19-21)16-14-12-10-8-6-4-2-3-5-7-9-11-13-15-17-20/h21H,2-19H2,1H3. The van der Waals surface area contributed by atoms with Crippen LogP contribution in [0.25, 0.3) is 0 Å². The molecule has 21 heavy (non-hydrogen) atoms. The van der Waals surface area contributed by atoms with Crippen molar-refractivity contribution in [2.45, 2.75) is 116 Å². The van der Waals surface area contributed by atoms with E-state index in [2.05, 4.69) is 6.92 Å². The first-order chi connectivity index (χ1) is 10.3. The predicted molar refractivity (Wildman–Crippen MR) is 93.7 cm³/mol. The van der Waals surface area contributed by atoms with Crippen LogP contribution in [0.4, 0.5) is 0 Å². The van der Waals surface area contributed by atoms with Gasteiger partial charge in [-0.25, -0.2) is 0 Å². The van der Waals surface area contributed by atoms with Crippen LogP contribution < -0.4 is 0 Å². The summed E-state index contributed by atoms with van der Waals surface area (Å²) < 4.78 is 0. The van der Waals surface area contributed by atoms with Gasteiger partial charge in [-0.15, -0.1) is 0 Å². The van der Waals surface area contributed by atoms with Gasteiger partial charge >= 0.3 is 0 Å². The minimum Gasteiger partial charge on any atom is -0.396 e. The first-order valence-electron chi connectivity index (χ1n) is 9.88. The predicted octanol–water partition coefficient (Wildman–Crippen LogP) is 6.63. The van der Waals surface area contributed by atoms with Crippen molar-refractivity contribution in [3.8, 4) is 0 Å². The maximum absolute atomic E-state index is 9.35. The molecular weight excluding hydrogens is 256 g/mol. The fourth-order valence-electron chi connectivity index (χ4n) is 3.87. The van der Waals surface area contributed by atoms with Crippen LogP contribution in [-0.4, -0.2) is 11.7 Å². The lowest BCUT2D eigenvalue weighted by molar-refractivity contribution is 0.166. The van der Waals surface area contributed by atoms with Crippen LogP contribution >= 0.6 is 0 Å².